The van der Waals surface area contributed by atoms with Crippen LogP contribution in [0.15, 0.2) is 36.4 Å². The summed E-state index contributed by atoms with van der Waals surface area (Å²) >= 11 is 0. The van der Waals surface area contributed by atoms with Gasteiger partial charge in [0.05, 0.1) is 25.4 Å². The predicted octanol–water partition coefficient (Wildman–Crippen LogP) is 3.89. The van der Waals surface area contributed by atoms with Crippen molar-refractivity contribution in [1.82, 2.24) is 0 Å². The van der Waals surface area contributed by atoms with Crippen LogP contribution in [0.3, 0.4) is 0 Å². The van der Waals surface area contributed by atoms with Gasteiger partial charge >= 0.3 is 0 Å². The highest BCUT2D eigenvalue weighted by Gasteiger charge is 2.15. The average Bonchev–Trinajstić information content (AvgIpc) is 3.08. The van der Waals surface area contributed by atoms with Gasteiger partial charge in [-0.15, -0.1) is 0 Å². The highest BCUT2D eigenvalue weighted by Crippen LogP contribution is 2.35. The standard InChI is InChI=1S/C19H17NO4/c1-3-22-18-9-13(4-6-16(18)21-2)8-15(11-20)14-5-7-17-19(10-14)24-12-23-17/h4-10H,3,12H2,1-2H3/b15-8-. The van der Waals surface area contributed by atoms with E-state index in [1.807, 2.05) is 43.3 Å². The second kappa shape index (κ2) is 6.97. The summed E-state index contributed by atoms with van der Waals surface area (Å²) in [5.74, 6) is 2.66. The van der Waals surface area contributed by atoms with Gasteiger partial charge in [-0.3, -0.25) is 0 Å². The summed E-state index contributed by atoms with van der Waals surface area (Å²) in [7, 11) is 1.60. The summed E-state index contributed by atoms with van der Waals surface area (Å²) < 4.78 is 21.5. The minimum Gasteiger partial charge on any atom is -0.493 e. The maximum absolute atomic E-state index is 9.52. The lowest BCUT2D eigenvalue weighted by atomic mass is 10.0. The molecule has 3 rings (SSSR count). The molecule has 0 unspecified atom stereocenters. The molecule has 0 radical (unpaired) electrons. The largest absolute Gasteiger partial charge is 0.493 e. The van der Waals surface area contributed by atoms with Crippen LogP contribution in [0.5, 0.6) is 23.0 Å². The molecule has 1 aliphatic rings. The molecule has 0 aliphatic carbocycles. The lowest BCUT2D eigenvalue weighted by Crippen LogP contribution is -1.95. The fraction of sp³-hybridized carbons (Fsp3) is 0.211. The number of nitrogens with zero attached hydrogens (tertiary/aromatic N) is 1. The zero-order valence-corrected chi connectivity index (χ0v) is 13.5. The van der Waals surface area contributed by atoms with E-state index in [1.54, 1.807) is 13.2 Å². The molecule has 0 saturated heterocycles. The lowest BCUT2D eigenvalue weighted by molar-refractivity contribution is 0.174. The molecule has 0 atom stereocenters. The van der Waals surface area contributed by atoms with Crippen LogP contribution in [0.2, 0.25) is 0 Å². The van der Waals surface area contributed by atoms with Crippen LogP contribution in [0.4, 0.5) is 0 Å². The first-order valence-electron chi connectivity index (χ1n) is 7.57. The SMILES string of the molecule is CCOc1cc(/C=C(/C#N)c2ccc3c(c2)OCO3)ccc1OC. The van der Waals surface area contributed by atoms with Crippen LogP contribution in [-0.2, 0) is 0 Å². The van der Waals surface area contributed by atoms with Crippen molar-refractivity contribution in [3.63, 3.8) is 0 Å². The Labute approximate surface area is 140 Å². The third-order valence-electron chi connectivity index (χ3n) is 3.60. The molecule has 2 aromatic rings. The number of ether oxygens (including phenoxy) is 4. The Morgan fingerprint density at radius 1 is 1.17 bits per heavy atom. The molecular formula is C19H17NO4. The fourth-order valence-corrected chi connectivity index (χ4v) is 2.46. The third kappa shape index (κ3) is 3.13. The van der Waals surface area contributed by atoms with Crippen molar-refractivity contribution < 1.29 is 18.9 Å². The van der Waals surface area contributed by atoms with Crippen molar-refractivity contribution in [3.05, 3.63) is 47.5 Å². The second-order valence-corrected chi connectivity index (χ2v) is 5.08. The summed E-state index contributed by atoms with van der Waals surface area (Å²) in [6.07, 6.45) is 1.81. The number of hydrogen-bond acceptors (Lipinski definition) is 5. The van der Waals surface area contributed by atoms with Gasteiger partial charge in [0.15, 0.2) is 23.0 Å². The molecule has 0 N–H and O–H groups in total. The Balaban J connectivity index is 1.96. The van der Waals surface area contributed by atoms with Crippen LogP contribution in [0.25, 0.3) is 11.6 Å². The summed E-state index contributed by atoms with van der Waals surface area (Å²) in [6.45, 7) is 2.66. The van der Waals surface area contributed by atoms with Crippen molar-refractivity contribution in [2.24, 2.45) is 0 Å². The lowest BCUT2D eigenvalue weighted by Gasteiger charge is -2.10. The molecule has 0 spiro atoms. The van der Waals surface area contributed by atoms with E-state index in [2.05, 4.69) is 6.07 Å². The molecule has 5 nitrogen and oxygen atoms in total. The molecule has 5 heteroatoms. The fourth-order valence-electron chi connectivity index (χ4n) is 2.46. The van der Waals surface area contributed by atoms with Crippen LogP contribution >= 0.6 is 0 Å². The van der Waals surface area contributed by atoms with Crippen molar-refractivity contribution in [3.8, 4) is 29.1 Å². The molecular weight excluding hydrogens is 306 g/mol. The first kappa shape index (κ1) is 15.8. The van der Waals surface area contributed by atoms with Crippen molar-refractivity contribution in [1.29, 1.82) is 5.26 Å². The Hall–Kier alpha value is -3.13. The number of allylic oxidation sites excluding steroid dienone is 1. The molecule has 0 amide bonds. The Kier molecular flexibility index (Phi) is 4.57. The minimum atomic E-state index is 0.209. The van der Waals surface area contributed by atoms with Gasteiger partial charge in [0, 0.05) is 0 Å². The van der Waals surface area contributed by atoms with Crippen LogP contribution in [0.1, 0.15) is 18.1 Å². The van der Waals surface area contributed by atoms with Crippen molar-refractivity contribution in [2.45, 2.75) is 6.92 Å². The summed E-state index contributed by atoms with van der Waals surface area (Å²) in [5, 5.41) is 9.52. The summed E-state index contributed by atoms with van der Waals surface area (Å²) in [6, 6.07) is 13.3. The Bertz CT molecular complexity index is 821. The third-order valence-corrected chi connectivity index (χ3v) is 3.60. The van der Waals surface area contributed by atoms with Gasteiger partial charge in [-0.25, -0.2) is 0 Å². The van der Waals surface area contributed by atoms with Gasteiger partial charge < -0.3 is 18.9 Å². The number of hydrogen-bond donors (Lipinski definition) is 0. The van der Waals surface area contributed by atoms with E-state index < -0.39 is 0 Å². The highest BCUT2D eigenvalue weighted by atomic mass is 16.7. The van der Waals surface area contributed by atoms with Crippen molar-refractivity contribution >= 4 is 11.6 Å². The normalized spacial score (nSPS) is 12.6. The van der Waals surface area contributed by atoms with Gasteiger partial charge in [0.1, 0.15) is 0 Å². The average molecular weight is 323 g/mol. The number of fused-ring (bicyclic) bond motifs is 1. The Morgan fingerprint density at radius 3 is 2.75 bits per heavy atom. The minimum absolute atomic E-state index is 0.209. The van der Waals surface area contributed by atoms with Crippen LogP contribution < -0.4 is 18.9 Å². The molecule has 0 fully saturated rings. The molecule has 0 aromatic heterocycles. The number of benzene rings is 2. The van der Waals surface area contributed by atoms with Crippen LogP contribution in [0, 0.1) is 11.3 Å². The van der Waals surface area contributed by atoms with E-state index in [0.29, 0.717) is 35.2 Å². The monoisotopic (exact) mass is 323 g/mol. The molecule has 1 heterocycles. The molecule has 2 aromatic carbocycles. The maximum Gasteiger partial charge on any atom is 0.231 e. The molecule has 0 bridgehead atoms. The van der Waals surface area contributed by atoms with Crippen LogP contribution in [-0.4, -0.2) is 20.5 Å². The molecule has 122 valence electrons. The highest BCUT2D eigenvalue weighted by molar-refractivity contribution is 5.90. The second-order valence-electron chi connectivity index (χ2n) is 5.08. The molecule has 0 saturated carbocycles. The van der Waals surface area contributed by atoms with Gasteiger partial charge in [-0.05, 0) is 54.5 Å². The maximum atomic E-state index is 9.52. The van der Waals surface area contributed by atoms with E-state index in [-0.39, 0.29) is 6.79 Å². The van der Waals surface area contributed by atoms with E-state index in [4.69, 9.17) is 18.9 Å². The Morgan fingerprint density at radius 2 is 2.00 bits per heavy atom. The summed E-state index contributed by atoms with van der Waals surface area (Å²) in [5.41, 5.74) is 2.16. The van der Waals surface area contributed by atoms with Gasteiger partial charge in [0.2, 0.25) is 6.79 Å². The van der Waals surface area contributed by atoms with E-state index in [9.17, 15) is 5.26 Å². The molecule has 24 heavy (non-hydrogen) atoms. The summed E-state index contributed by atoms with van der Waals surface area (Å²) in [4.78, 5) is 0. The van der Waals surface area contributed by atoms with Gasteiger partial charge in [-0.2, -0.15) is 5.26 Å². The first-order chi connectivity index (χ1) is 11.7. The van der Waals surface area contributed by atoms with Crippen molar-refractivity contribution in [2.75, 3.05) is 20.5 Å². The van der Waals surface area contributed by atoms with Gasteiger partial charge in [0.25, 0.3) is 0 Å². The number of methoxy groups -OCH3 is 1. The van der Waals surface area contributed by atoms with E-state index in [0.717, 1.165) is 11.1 Å². The van der Waals surface area contributed by atoms with Gasteiger partial charge in [-0.1, -0.05) is 6.07 Å². The topological polar surface area (TPSA) is 60.7 Å². The number of rotatable bonds is 5. The zero-order valence-electron chi connectivity index (χ0n) is 13.5. The van der Waals surface area contributed by atoms with E-state index in [1.165, 1.54) is 0 Å². The molecule has 1 aliphatic heterocycles. The zero-order chi connectivity index (χ0) is 16.9. The first-order valence-corrected chi connectivity index (χ1v) is 7.57. The van der Waals surface area contributed by atoms with E-state index >= 15 is 0 Å². The number of nitriles is 1. The predicted molar refractivity (Wildman–Crippen MR) is 90.2 cm³/mol. The quantitative estimate of drug-likeness (QED) is 0.617. The smallest absolute Gasteiger partial charge is 0.231 e.